The molecule has 2 aromatic heterocycles. The van der Waals surface area contributed by atoms with Crippen molar-refractivity contribution in [3.63, 3.8) is 0 Å². The van der Waals surface area contributed by atoms with Gasteiger partial charge in [0.25, 0.3) is 5.56 Å². The van der Waals surface area contributed by atoms with Crippen LogP contribution in [0.5, 0.6) is 0 Å². The van der Waals surface area contributed by atoms with Crippen LogP contribution >= 0.6 is 23.7 Å². The third kappa shape index (κ3) is 3.48. The standard InChI is InChI=1S/C16H20N4O2S.ClH/c21-14(19-12-7-10-1-2-11(8-12)18-10)3-5-20-9-17-15-13(16(20)22)4-6-23-15;/h4,6,9-12,18H,1-3,5,7-8H2,(H,19,21);1H. The van der Waals surface area contributed by atoms with Crippen molar-refractivity contribution >= 4 is 39.9 Å². The number of nitrogens with one attached hydrogen (secondary N) is 2. The van der Waals surface area contributed by atoms with Gasteiger partial charge in [-0.05, 0) is 37.1 Å². The molecule has 2 bridgehead atoms. The molecule has 0 aliphatic carbocycles. The molecule has 2 atom stereocenters. The summed E-state index contributed by atoms with van der Waals surface area (Å²) in [6.45, 7) is 0.376. The molecular formula is C16H21ClN4O2S. The molecule has 0 spiro atoms. The average Bonchev–Trinajstić information content (AvgIpc) is 3.13. The summed E-state index contributed by atoms with van der Waals surface area (Å²) in [6.07, 6.45) is 6.34. The van der Waals surface area contributed by atoms with Crippen molar-refractivity contribution in [3.8, 4) is 0 Å². The van der Waals surface area contributed by atoms with E-state index in [-0.39, 0.29) is 29.9 Å². The number of piperidine rings is 1. The molecule has 24 heavy (non-hydrogen) atoms. The van der Waals surface area contributed by atoms with E-state index in [2.05, 4.69) is 15.6 Å². The summed E-state index contributed by atoms with van der Waals surface area (Å²) < 4.78 is 1.53. The molecule has 0 radical (unpaired) electrons. The van der Waals surface area contributed by atoms with E-state index in [1.807, 2.05) is 5.38 Å². The number of rotatable bonds is 4. The van der Waals surface area contributed by atoms with Crippen LogP contribution in [-0.2, 0) is 11.3 Å². The molecular weight excluding hydrogens is 348 g/mol. The average molecular weight is 369 g/mol. The number of halogens is 1. The molecule has 2 N–H and O–H groups in total. The van der Waals surface area contributed by atoms with Gasteiger partial charge in [0.05, 0.1) is 11.7 Å². The van der Waals surface area contributed by atoms with Crippen LogP contribution in [0.2, 0.25) is 0 Å². The van der Waals surface area contributed by atoms with E-state index in [1.54, 1.807) is 12.4 Å². The van der Waals surface area contributed by atoms with Gasteiger partial charge in [0.2, 0.25) is 5.91 Å². The lowest BCUT2D eigenvalue weighted by molar-refractivity contribution is -0.122. The van der Waals surface area contributed by atoms with E-state index in [0.29, 0.717) is 30.4 Å². The molecule has 2 aliphatic heterocycles. The molecule has 6 nitrogen and oxygen atoms in total. The first-order valence-corrected chi connectivity index (χ1v) is 9.05. The number of amides is 1. The smallest absolute Gasteiger partial charge is 0.262 e. The molecule has 130 valence electrons. The van der Waals surface area contributed by atoms with Crippen molar-refractivity contribution in [2.75, 3.05) is 0 Å². The summed E-state index contributed by atoms with van der Waals surface area (Å²) in [4.78, 5) is 29.5. The number of aryl methyl sites for hydroxylation is 1. The van der Waals surface area contributed by atoms with Crippen molar-refractivity contribution in [3.05, 3.63) is 28.1 Å². The minimum atomic E-state index is -0.0658. The Morgan fingerprint density at radius 3 is 2.88 bits per heavy atom. The zero-order chi connectivity index (χ0) is 15.8. The Morgan fingerprint density at radius 2 is 2.12 bits per heavy atom. The highest BCUT2D eigenvalue weighted by Crippen LogP contribution is 2.26. The highest BCUT2D eigenvalue weighted by Gasteiger charge is 2.33. The summed E-state index contributed by atoms with van der Waals surface area (Å²) >= 11 is 1.45. The largest absolute Gasteiger partial charge is 0.353 e. The first-order chi connectivity index (χ1) is 11.2. The summed E-state index contributed by atoms with van der Waals surface area (Å²) in [7, 11) is 0. The number of thiophene rings is 1. The lowest BCUT2D eigenvalue weighted by atomic mass is 10.00. The Bertz CT molecular complexity index is 778. The zero-order valence-corrected chi connectivity index (χ0v) is 14.9. The maximum absolute atomic E-state index is 12.3. The fourth-order valence-electron chi connectivity index (χ4n) is 3.75. The lowest BCUT2D eigenvalue weighted by Crippen LogP contribution is -2.48. The van der Waals surface area contributed by atoms with Gasteiger partial charge in [0.15, 0.2) is 0 Å². The van der Waals surface area contributed by atoms with E-state index in [9.17, 15) is 9.59 Å². The second-order valence-corrected chi connectivity index (χ2v) is 7.40. The predicted molar refractivity (Wildman–Crippen MR) is 96.9 cm³/mol. The summed E-state index contributed by atoms with van der Waals surface area (Å²) in [6, 6.07) is 3.19. The highest BCUT2D eigenvalue weighted by molar-refractivity contribution is 7.16. The Hall–Kier alpha value is -1.44. The van der Waals surface area contributed by atoms with E-state index in [1.165, 1.54) is 28.7 Å². The normalized spacial score (nSPS) is 25.4. The summed E-state index contributed by atoms with van der Waals surface area (Å²) in [5.41, 5.74) is -0.0658. The van der Waals surface area contributed by atoms with Gasteiger partial charge in [-0.25, -0.2) is 4.98 Å². The molecule has 8 heteroatoms. The van der Waals surface area contributed by atoms with Crippen LogP contribution < -0.4 is 16.2 Å². The second-order valence-electron chi connectivity index (χ2n) is 6.51. The molecule has 2 fully saturated rings. The number of hydrogen-bond acceptors (Lipinski definition) is 5. The molecule has 2 aromatic rings. The van der Waals surface area contributed by atoms with Crippen molar-refractivity contribution in [1.29, 1.82) is 0 Å². The molecule has 2 saturated heterocycles. The molecule has 0 aromatic carbocycles. The number of carbonyl (C=O) groups is 1. The van der Waals surface area contributed by atoms with E-state index in [0.717, 1.165) is 17.7 Å². The highest BCUT2D eigenvalue weighted by atomic mass is 35.5. The summed E-state index contributed by atoms with van der Waals surface area (Å²) in [5.74, 6) is 0.0219. The van der Waals surface area contributed by atoms with E-state index < -0.39 is 0 Å². The molecule has 0 saturated carbocycles. The quantitative estimate of drug-likeness (QED) is 0.860. The number of fused-ring (bicyclic) bond motifs is 3. The maximum atomic E-state index is 12.3. The van der Waals surface area contributed by atoms with Crippen molar-refractivity contribution in [1.82, 2.24) is 20.2 Å². The molecule has 2 unspecified atom stereocenters. The minimum absolute atomic E-state index is 0. The van der Waals surface area contributed by atoms with Crippen LogP contribution in [0.25, 0.3) is 10.2 Å². The Labute approximate surface area is 150 Å². The van der Waals surface area contributed by atoms with Gasteiger partial charge in [-0.1, -0.05) is 0 Å². The first kappa shape index (κ1) is 17.4. The van der Waals surface area contributed by atoms with E-state index in [4.69, 9.17) is 0 Å². The Kier molecular flexibility index (Phi) is 5.22. The van der Waals surface area contributed by atoms with Gasteiger partial charge in [-0.3, -0.25) is 14.2 Å². The van der Waals surface area contributed by atoms with Crippen LogP contribution in [0.3, 0.4) is 0 Å². The van der Waals surface area contributed by atoms with Crippen LogP contribution in [0, 0.1) is 0 Å². The second kappa shape index (κ2) is 7.21. The van der Waals surface area contributed by atoms with Crippen molar-refractivity contribution in [2.45, 2.75) is 56.8 Å². The van der Waals surface area contributed by atoms with Crippen LogP contribution in [-0.4, -0.2) is 33.6 Å². The van der Waals surface area contributed by atoms with Gasteiger partial charge < -0.3 is 10.6 Å². The first-order valence-electron chi connectivity index (χ1n) is 8.17. The zero-order valence-electron chi connectivity index (χ0n) is 13.2. The van der Waals surface area contributed by atoms with Gasteiger partial charge in [0, 0.05) is 31.1 Å². The number of carbonyl (C=O) groups excluding carboxylic acids is 1. The van der Waals surface area contributed by atoms with Crippen LogP contribution in [0.4, 0.5) is 0 Å². The predicted octanol–water partition coefficient (Wildman–Crippen LogP) is 1.67. The summed E-state index contributed by atoms with van der Waals surface area (Å²) in [5, 5.41) is 9.19. The van der Waals surface area contributed by atoms with Gasteiger partial charge in [-0.15, -0.1) is 23.7 Å². The van der Waals surface area contributed by atoms with Crippen molar-refractivity contribution < 1.29 is 4.79 Å². The van der Waals surface area contributed by atoms with Gasteiger partial charge in [-0.2, -0.15) is 0 Å². The van der Waals surface area contributed by atoms with Gasteiger partial charge in [0.1, 0.15) is 4.83 Å². The number of nitrogens with zero attached hydrogens (tertiary/aromatic N) is 2. The molecule has 1 amide bonds. The van der Waals surface area contributed by atoms with E-state index >= 15 is 0 Å². The Morgan fingerprint density at radius 1 is 1.38 bits per heavy atom. The number of aromatic nitrogens is 2. The topological polar surface area (TPSA) is 76.0 Å². The molecule has 4 heterocycles. The van der Waals surface area contributed by atoms with Gasteiger partial charge >= 0.3 is 0 Å². The maximum Gasteiger partial charge on any atom is 0.262 e. The molecule has 2 aliphatic rings. The van der Waals surface area contributed by atoms with Crippen molar-refractivity contribution in [2.24, 2.45) is 0 Å². The fraction of sp³-hybridized carbons (Fsp3) is 0.562. The van der Waals surface area contributed by atoms with Crippen LogP contribution in [0.1, 0.15) is 32.1 Å². The SMILES string of the molecule is Cl.O=C(CCn1cnc2sccc2c1=O)NC1CC2CCC(C1)N2. The minimum Gasteiger partial charge on any atom is -0.353 e. The lowest BCUT2D eigenvalue weighted by Gasteiger charge is -2.29. The Balaban J connectivity index is 0.00000169. The molecule has 4 rings (SSSR count). The third-order valence-electron chi connectivity index (χ3n) is 4.87. The third-order valence-corrected chi connectivity index (χ3v) is 5.69. The van der Waals surface area contributed by atoms with Crippen LogP contribution in [0.15, 0.2) is 22.6 Å². The number of hydrogen-bond donors (Lipinski definition) is 2. The monoisotopic (exact) mass is 368 g/mol. The fourth-order valence-corrected chi connectivity index (χ4v) is 4.47.